The van der Waals surface area contributed by atoms with E-state index in [0.29, 0.717) is 30.3 Å². The summed E-state index contributed by atoms with van der Waals surface area (Å²) in [6, 6.07) is 3.68. The van der Waals surface area contributed by atoms with E-state index >= 15 is 0 Å². The van der Waals surface area contributed by atoms with Gasteiger partial charge in [0, 0.05) is 25.9 Å². The maximum absolute atomic E-state index is 8.91. The first-order valence-corrected chi connectivity index (χ1v) is 5.71. The molecule has 0 bridgehead atoms. The van der Waals surface area contributed by atoms with Crippen LogP contribution in [0.2, 0.25) is 0 Å². The van der Waals surface area contributed by atoms with Gasteiger partial charge in [-0.2, -0.15) is 5.26 Å². The molecular formula is C12H18N4O. The first kappa shape index (κ1) is 13.3. The van der Waals surface area contributed by atoms with Crippen LogP contribution in [0.4, 0.5) is 11.5 Å². The van der Waals surface area contributed by atoms with E-state index in [9.17, 15) is 0 Å². The van der Waals surface area contributed by atoms with Crippen molar-refractivity contribution < 1.29 is 4.74 Å². The Bertz CT molecular complexity index is 400. The first-order chi connectivity index (χ1) is 8.24. The second-order valence-corrected chi connectivity index (χ2v) is 3.48. The minimum absolute atomic E-state index is 0.438. The molecule has 0 saturated heterocycles. The number of aromatic nitrogens is 1. The summed E-state index contributed by atoms with van der Waals surface area (Å²) < 4.78 is 5.31. The van der Waals surface area contributed by atoms with E-state index in [4.69, 9.17) is 15.7 Å². The Morgan fingerprint density at radius 2 is 2.29 bits per heavy atom. The summed E-state index contributed by atoms with van der Waals surface area (Å²) >= 11 is 0. The van der Waals surface area contributed by atoms with Crippen molar-refractivity contribution in [2.75, 3.05) is 36.9 Å². The summed E-state index contributed by atoms with van der Waals surface area (Å²) in [4.78, 5) is 6.24. The Hall–Kier alpha value is -1.80. The molecule has 0 saturated carbocycles. The maximum Gasteiger partial charge on any atom is 0.153 e. The number of hydrogen-bond acceptors (Lipinski definition) is 5. The van der Waals surface area contributed by atoms with E-state index in [-0.39, 0.29) is 0 Å². The highest BCUT2D eigenvalue weighted by molar-refractivity contribution is 5.69. The van der Waals surface area contributed by atoms with Crippen molar-refractivity contribution in [3.63, 3.8) is 0 Å². The summed E-state index contributed by atoms with van der Waals surface area (Å²) in [5.41, 5.74) is 6.81. The molecule has 0 radical (unpaired) electrons. The number of nitrogens with two attached hydrogens (primary N) is 1. The van der Waals surface area contributed by atoms with Gasteiger partial charge in [-0.1, -0.05) is 0 Å². The van der Waals surface area contributed by atoms with Gasteiger partial charge in [-0.3, -0.25) is 0 Å². The number of rotatable bonds is 6. The Labute approximate surface area is 102 Å². The molecule has 1 aromatic heterocycles. The normalized spacial score (nSPS) is 9.94. The molecule has 92 valence electrons. The predicted molar refractivity (Wildman–Crippen MR) is 67.7 cm³/mol. The number of ether oxygens (including phenoxy) is 1. The maximum atomic E-state index is 8.91. The van der Waals surface area contributed by atoms with Crippen molar-refractivity contribution in [1.29, 1.82) is 5.26 Å². The number of likely N-dealkylation sites (N-methyl/N-ethyl adjacent to an activating group) is 1. The molecule has 0 aliphatic heterocycles. The molecule has 5 heteroatoms. The van der Waals surface area contributed by atoms with Crippen LogP contribution in [0.1, 0.15) is 19.4 Å². The molecule has 5 nitrogen and oxygen atoms in total. The van der Waals surface area contributed by atoms with Crippen LogP contribution in [0.5, 0.6) is 0 Å². The van der Waals surface area contributed by atoms with Crippen molar-refractivity contribution in [2.24, 2.45) is 0 Å². The third kappa shape index (κ3) is 3.33. The zero-order valence-corrected chi connectivity index (χ0v) is 10.3. The van der Waals surface area contributed by atoms with Crippen LogP contribution in [0, 0.1) is 11.3 Å². The molecule has 2 N–H and O–H groups in total. The van der Waals surface area contributed by atoms with Gasteiger partial charge in [-0.05, 0) is 19.9 Å². The Morgan fingerprint density at radius 1 is 1.53 bits per heavy atom. The molecule has 0 spiro atoms. The monoisotopic (exact) mass is 234 g/mol. The van der Waals surface area contributed by atoms with Gasteiger partial charge in [-0.15, -0.1) is 0 Å². The fourth-order valence-electron chi connectivity index (χ4n) is 1.54. The highest BCUT2D eigenvalue weighted by Crippen LogP contribution is 2.22. The van der Waals surface area contributed by atoms with Gasteiger partial charge < -0.3 is 15.4 Å². The lowest BCUT2D eigenvalue weighted by Gasteiger charge is -2.23. The largest absolute Gasteiger partial charge is 0.395 e. The van der Waals surface area contributed by atoms with Gasteiger partial charge in [-0.25, -0.2) is 4.98 Å². The topological polar surface area (TPSA) is 75.2 Å². The van der Waals surface area contributed by atoms with Crippen molar-refractivity contribution in [1.82, 2.24) is 4.98 Å². The van der Waals surface area contributed by atoms with Crippen molar-refractivity contribution in [2.45, 2.75) is 13.8 Å². The smallest absolute Gasteiger partial charge is 0.153 e. The van der Waals surface area contributed by atoms with E-state index in [1.807, 2.05) is 18.7 Å². The van der Waals surface area contributed by atoms with Gasteiger partial charge in [0.1, 0.15) is 6.07 Å². The van der Waals surface area contributed by atoms with Gasteiger partial charge in [0.15, 0.2) is 5.82 Å². The fourth-order valence-corrected chi connectivity index (χ4v) is 1.54. The van der Waals surface area contributed by atoms with Crippen LogP contribution in [-0.4, -0.2) is 31.3 Å². The molecule has 17 heavy (non-hydrogen) atoms. The summed E-state index contributed by atoms with van der Waals surface area (Å²) in [7, 11) is 0. The fraction of sp³-hybridized carbons (Fsp3) is 0.500. The molecule has 1 aromatic rings. The average Bonchev–Trinajstić information content (AvgIpc) is 2.36. The quantitative estimate of drug-likeness (QED) is 0.753. The van der Waals surface area contributed by atoms with E-state index in [2.05, 4.69) is 11.1 Å². The molecule has 0 amide bonds. The van der Waals surface area contributed by atoms with Crippen LogP contribution in [0.25, 0.3) is 0 Å². The summed E-state index contributed by atoms with van der Waals surface area (Å²) in [6.45, 7) is 6.79. The van der Waals surface area contributed by atoms with Gasteiger partial charge in [0.25, 0.3) is 0 Å². The van der Waals surface area contributed by atoms with Crippen LogP contribution in [0.15, 0.2) is 12.3 Å². The van der Waals surface area contributed by atoms with Gasteiger partial charge in [0.2, 0.25) is 0 Å². The lowest BCUT2D eigenvalue weighted by Crippen LogP contribution is -2.29. The van der Waals surface area contributed by atoms with Crippen LogP contribution < -0.4 is 10.6 Å². The molecular weight excluding hydrogens is 216 g/mol. The highest BCUT2D eigenvalue weighted by Gasteiger charge is 2.12. The number of anilines is 2. The molecule has 0 unspecified atom stereocenters. The minimum Gasteiger partial charge on any atom is -0.395 e. The van der Waals surface area contributed by atoms with E-state index in [1.165, 1.54) is 0 Å². The molecule has 1 rings (SSSR count). The van der Waals surface area contributed by atoms with Crippen molar-refractivity contribution in [3.05, 3.63) is 17.8 Å². The lowest BCUT2D eigenvalue weighted by atomic mass is 10.2. The Morgan fingerprint density at radius 3 is 2.88 bits per heavy atom. The minimum atomic E-state index is 0.438. The van der Waals surface area contributed by atoms with Gasteiger partial charge in [0.05, 0.1) is 17.9 Å². The summed E-state index contributed by atoms with van der Waals surface area (Å²) in [5.74, 6) is 0.659. The third-order valence-electron chi connectivity index (χ3n) is 2.48. The molecule has 0 atom stereocenters. The lowest BCUT2D eigenvalue weighted by molar-refractivity contribution is 0.154. The Kier molecular flexibility index (Phi) is 5.24. The second kappa shape index (κ2) is 6.71. The van der Waals surface area contributed by atoms with Crippen molar-refractivity contribution in [3.8, 4) is 6.07 Å². The van der Waals surface area contributed by atoms with Gasteiger partial charge >= 0.3 is 0 Å². The molecule has 1 heterocycles. The molecule has 0 fully saturated rings. The highest BCUT2D eigenvalue weighted by atomic mass is 16.5. The van der Waals surface area contributed by atoms with E-state index < -0.39 is 0 Å². The summed E-state index contributed by atoms with van der Waals surface area (Å²) in [5, 5.41) is 8.91. The van der Waals surface area contributed by atoms with Crippen LogP contribution >= 0.6 is 0 Å². The van der Waals surface area contributed by atoms with E-state index in [1.54, 1.807) is 12.3 Å². The number of hydrogen-bond donors (Lipinski definition) is 1. The predicted octanol–water partition coefficient (Wildman–Crippen LogP) is 1.40. The summed E-state index contributed by atoms with van der Waals surface area (Å²) in [6.07, 6.45) is 1.60. The number of nitriles is 1. The zero-order chi connectivity index (χ0) is 12.7. The number of nitrogens with zero attached hydrogens (tertiary/aromatic N) is 3. The number of nitrogen functional groups attached to an aromatic ring is 1. The Balaban J connectivity index is 2.85. The van der Waals surface area contributed by atoms with E-state index in [0.717, 1.165) is 13.1 Å². The first-order valence-electron chi connectivity index (χ1n) is 5.71. The SMILES string of the molecule is CCOCCN(CC)c1nccc(C#N)c1N. The second-order valence-electron chi connectivity index (χ2n) is 3.48. The van der Waals surface area contributed by atoms with Crippen LogP contribution in [-0.2, 0) is 4.74 Å². The zero-order valence-electron chi connectivity index (χ0n) is 10.3. The average molecular weight is 234 g/mol. The van der Waals surface area contributed by atoms with Crippen LogP contribution in [0.3, 0.4) is 0 Å². The third-order valence-corrected chi connectivity index (χ3v) is 2.48. The molecule has 0 aromatic carbocycles. The standard InChI is InChI=1S/C12H18N4O/c1-3-16(7-8-17-4-2)12-11(14)10(9-13)5-6-15-12/h5-6H,3-4,7-8,14H2,1-2H3. The number of pyridine rings is 1. The molecule has 0 aliphatic carbocycles. The van der Waals surface area contributed by atoms with Crippen molar-refractivity contribution >= 4 is 11.5 Å². The molecule has 0 aliphatic rings.